The van der Waals surface area contributed by atoms with Crippen LogP contribution >= 0.6 is 0 Å². The number of nitrogens with zero attached hydrogens (tertiary/aromatic N) is 1. The molecule has 0 bridgehead atoms. The minimum atomic E-state index is 0.862. The first-order valence-electron chi connectivity index (χ1n) is 4.71. The topological polar surface area (TPSA) is 12.5 Å². The highest BCUT2D eigenvalue weighted by Crippen LogP contribution is 2.13. The van der Waals surface area contributed by atoms with Gasteiger partial charge >= 0.3 is 0 Å². The molecule has 14 heavy (non-hydrogen) atoms. The molecule has 0 saturated carbocycles. The van der Waals surface area contributed by atoms with E-state index in [0.29, 0.717) is 0 Å². The van der Waals surface area contributed by atoms with Crippen molar-refractivity contribution in [1.82, 2.24) is 4.90 Å². The smallest absolute Gasteiger partial charge is 0.0930 e. The summed E-state index contributed by atoms with van der Waals surface area (Å²) in [5.41, 5.74) is 2.02. The van der Waals surface area contributed by atoms with Gasteiger partial charge in [0.05, 0.1) is 12.9 Å². The van der Waals surface area contributed by atoms with Gasteiger partial charge in [0.1, 0.15) is 0 Å². The Kier molecular flexibility index (Phi) is 5.97. The highest BCUT2D eigenvalue weighted by molar-refractivity contribution is 5.36. The van der Waals surface area contributed by atoms with Crippen molar-refractivity contribution in [2.45, 2.75) is 13.3 Å². The molecule has 80 valence electrons. The van der Waals surface area contributed by atoms with Crippen LogP contribution < -0.4 is 0 Å². The second-order valence-electron chi connectivity index (χ2n) is 3.64. The molecule has 0 amide bonds. The van der Waals surface area contributed by atoms with Gasteiger partial charge < -0.3 is 9.64 Å². The summed E-state index contributed by atoms with van der Waals surface area (Å²) >= 11 is 0. The van der Waals surface area contributed by atoms with Gasteiger partial charge in [0.25, 0.3) is 0 Å². The third-order valence-electron chi connectivity index (χ3n) is 2.01. The van der Waals surface area contributed by atoms with E-state index in [0.717, 1.165) is 29.9 Å². The van der Waals surface area contributed by atoms with E-state index in [-0.39, 0.29) is 0 Å². The number of methoxy groups -OCH3 is 1. The largest absolute Gasteiger partial charge is 0.501 e. The van der Waals surface area contributed by atoms with E-state index in [4.69, 9.17) is 4.74 Å². The second kappa shape index (κ2) is 6.44. The average Bonchev–Trinajstić information content (AvgIpc) is 2.13. The Labute approximate surface area is 87.6 Å². The van der Waals surface area contributed by atoms with Crippen LogP contribution in [0.2, 0.25) is 0 Å². The van der Waals surface area contributed by atoms with Gasteiger partial charge in [0, 0.05) is 6.54 Å². The molecule has 0 spiro atoms. The summed E-state index contributed by atoms with van der Waals surface area (Å²) in [6, 6.07) is 0. The summed E-state index contributed by atoms with van der Waals surface area (Å²) in [4.78, 5) is 2.13. The predicted octanol–water partition coefficient (Wildman–Crippen LogP) is 2.60. The Morgan fingerprint density at radius 1 is 1.36 bits per heavy atom. The summed E-state index contributed by atoms with van der Waals surface area (Å²) in [5.74, 6) is 0.862. The fourth-order valence-corrected chi connectivity index (χ4v) is 0.925. The molecule has 0 saturated heterocycles. The van der Waals surface area contributed by atoms with Crippen molar-refractivity contribution < 1.29 is 4.74 Å². The third-order valence-corrected chi connectivity index (χ3v) is 2.01. The van der Waals surface area contributed by atoms with Gasteiger partial charge in [-0.15, -0.1) is 0 Å². The van der Waals surface area contributed by atoms with E-state index in [1.165, 1.54) is 0 Å². The molecule has 0 fully saturated rings. The molecule has 2 heteroatoms. The lowest BCUT2D eigenvalue weighted by Crippen LogP contribution is -2.13. The molecule has 0 aliphatic heterocycles. The molecular formula is C12H21NO. The van der Waals surface area contributed by atoms with E-state index in [1.807, 2.05) is 27.1 Å². The molecule has 0 aliphatic carbocycles. The van der Waals surface area contributed by atoms with E-state index in [9.17, 15) is 0 Å². The molecule has 0 atom stereocenters. The van der Waals surface area contributed by atoms with Gasteiger partial charge in [-0.2, -0.15) is 0 Å². The Morgan fingerprint density at radius 2 is 1.93 bits per heavy atom. The Hall–Kier alpha value is -1.02. The predicted molar refractivity (Wildman–Crippen MR) is 62.2 cm³/mol. The van der Waals surface area contributed by atoms with Crippen molar-refractivity contribution in [2.24, 2.45) is 0 Å². The van der Waals surface area contributed by atoms with Gasteiger partial charge in [-0.1, -0.05) is 13.2 Å². The van der Waals surface area contributed by atoms with E-state index < -0.39 is 0 Å². The minimum Gasteiger partial charge on any atom is -0.501 e. The quantitative estimate of drug-likeness (QED) is 0.477. The molecule has 0 radical (unpaired) electrons. The van der Waals surface area contributed by atoms with E-state index >= 15 is 0 Å². The molecule has 0 aliphatic rings. The molecule has 0 heterocycles. The Bertz CT molecular complexity index is 239. The fourth-order valence-electron chi connectivity index (χ4n) is 0.925. The number of ether oxygens (including phenoxy) is 1. The summed E-state index contributed by atoms with van der Waals surface area (Å²) < 4.78 is 5.05. The summed E-state index contributed by atoms with van der Waals surface area (Å²) in [6.07, 6.45) is 2.86. The van der Waals surface area contributed by atoms with Gasteiger partial charge in [-0.05, 0) is 44.7 Å². The first-order valence-corrected chi connectivity index (χ1v) is 4.71. The lowest BCUT2D eigenvalue weighted by atomic mass is 10.1. The van der Waals surface area contributed by atoms with Crippen LogP contribution in [0, 0.1) is 0 Å². The minimum absolute atomic E-state index is 0.862. The van der Waals surface area contributed by atoms with Crippen LogP contribution in [0.4, 0.5) is 0 Å². The monoisotopic (exact) mass is 195 g/mol. The number of hydrogen-bond acceptors (Lipinski definition) is 2. The maximum absolute atomic E-state index is 5.05. The number of allylic oxidation sites excluding steroid dienone is 3. The van der Waals surface area contributed by atoms with E-state index in [2.05, 4.69) is 18.1 Å². The lowest BCUT2D eigenvalue weighted by Gasteiger charge is -2.11. The zero-order valence-electron chi connectivity index (χ0n) is 9.76. The molecular weight excluding hydrogens is 174 g/mol. The van der Waals surface area contributed by atoms with Crippen LogP contribution in [0.5, 0.6) is 0 Å². The summed E-state index contributed by atoms with van der Waals surface area (Å²) in [6.45, 7) is 10.8. The Balaban J connectivity index is 4.07. The molecule has 0 aromatic rings. The number of rotatable bonds is 6. The average molecular weight is 195 g/mol. The molecule has 0 aromatic carbocycles. The van der Waals surface area contributed by atoms with Crippen LogP contribution in [-0.2, 0) is 4.74 Å². The normalized spacial score (nSPS) is 11.6. The molecule has 0 N–H and O–H groups in total. The van der Waals surface area contributed by atoms with Crippen molar-refractivity contribution in [1.29, 1.82) is 0 Å². The van der Waals surface area contributed by atoms with Gasteiger partial charge in [-0.3, -0.25) is 0 Å². The molecule has 2 nitrogen and oxygen atoms in total. The standard InChI is InChI=1S/C12H21NO/c1-10(7-8-13(4)5)11(2)9-12(3)14-6/h9H,1-2,7-8H2,3-6H3/b12-9+. The van der Waals surface area contributed by atoms with E-state index in [1.54, 1.807) is 7.11 Å². The molecule has 0 rings (SSSR count). The first kappa shape index (κ1) is 13.0. The highest BCUT2D eigenvalue weighted by Gasteiger charge is 1.99. The van der Waals surface area contributed by atoms with Crippen molar-refractivity contribution in [3.8, 4) is 0 Å². The Morgan fingerprint density at radius 3 is 2.36 bits per heavy atom. The van der Waals surface area contributed by atoms with Gasteiger partial charge in [-0.25, -0.2) is 0 Å². The van der Waals surface area contributed by atoms with Crippen LogP contribution in [0.1, 0.15) is 13.3 Å². The number of hydrogen-bond donors (Lipinski definition) is 0. The van der Waals surface area contributed by atoms with Gasteiger partial charge in [0.2, 0.25) is 0 Å². The van der Waals surface area contributed by atoms with Crippen LogP contribution in [0.25, 0.3) is 0 Å². The fraction of sp³-hybridized carbons (Fsp3) is 0.500. The van der Waals surface area contributed by atoms with Crippen molar-refractivity contribution in [2.75, 3.05) is 27.7 Å². The zero-order chi connectivity index (χ0) is 11.1. The van der Waals surface area contributed by atoms with Gasteiger partial charge in [0.15, 0.2) is 0 Å². The zero-order valence-corrected chi connectivity index (χ0v) is 9.76. The highest BCUT2D eigenvalue weighted by atomic mass is 16.5. The lowest BCUT2D eigenvalue weighted by molar-refractivity contribution is 0.293. The summed E-state index contributed by atoms with van der Waals surface area (Å²) in [5, 5.41) is 0. The van der Waals surface area contributed by atoms with Crippen LogP contribution in [-0.4, -0.2) is 32.6 Å². The third kappa shape index (κ3) is 5.60. The molecule has 0 aromatic heterocycles. The maximum Gasteiger partial charge on any atom is 0.0930 e. The van der Waals surface area contributed by atoms with Crippen LogP contribution in [0.3, 0.4) is 0 Å². The maximum atomic E-state index is 5.05. The molecule has 0 unspecified atom stereocenters. The van der Waals surface area contributed by atoms with Crippen molar-refractivity contribution in [3.05, 3.63) is 36.1 Å². The van der Waals surface area contributed by atoms with Crippen LogP contribution in [0.15, 0.2) is 36.1 Å². The second-order valence-corrected chi connectivity index (χ2v) is 3.64. The van der Waals surface area contributed by atoms with Crippen molar-refractivity contribution in [3.63, 3.8) is 0 Å². The summed E-state index contributed by atoms with van der Waals surface area (Å²) in [7, 11) is 5.75. The SMILES string of the molecule is C=C(/C=C(\C)OC)C(=C)CCN(C)C. The first-order chi connectivity index (χ1) is 6.47. The van der Waals surface area contributed by atoms with Crippen molar-refractivity contribution >= 4 is 0 Å².